The van der Waals surface area contributed by atoms with Gasteiger partial charge < -0.3 is 19.4 Å². The Morgan fingerprint density at radius 1 is 1.48 bits per heavy atom. The van der Waals surface area contributed by atoms with Crippen LogP contribution in [0.25, 0.3) is 0 Å². The van der Waals surface area contributed by atoms with Crippen LogP contribution >= 0.6 is 0 Å². The predicted octanol–water partition coefficient (Wildman–Crippen LogP) is 3.04. The Hall–Kier alpha value is -2.50. The largest absolute Gasteiger partial charge is 0.481 e. The second kappa shape index (κ2) is 6.73. The van der Waals surface area contributed by atoms with Gasteiger partial charge in [0, 0.05) is 24.8 Å². The highest BCUT2D eigenvalue weighted by atomic mass is 16.5. The highest BCUT2D eigenvalue weighted by molar-refractivity contribution is 5.75. The van der Waals surface area contributed by atoms with Crippen LogP contribution in [-0.2, 0) is 6.54 Å². The number of nitrogens with one attached hydrogen (secondary N) is 1. The number of nitrogens with zero attached hydrogens (tertiary/aromatic N) is 2. The van der Waals surface area contributed by atoms with Crippen LogP contribution in [0, 0.1) is 6.92 Å². The smallest absolute Gasteiger partial charge is 0.318 e. The molecule has 3 rings (SSSR count). The topological polar surface area (TPSA) is 67.6 Å². The molecule has 2 amide bonds. The molecule has 3 heterocycles. The first kappa shape index (κ1) is 15.4. The summed E-state index contributed by atoms with van der Waals surface area (Å²) < 4.78 is 10.9. The lowest BCUT2D eigenvalue weighted by Crippen LogP contribution is -2.39. The Morgan fingerprint density at radius 2 is 2.35 bits per heavy atom. The van der Waals surface area contributed by atoms with E-state index < -0.39 is 0 Å². The molecule has 1 atom stereocenters. The zero-order chi connectivity index (χ0) is 16.2. The Kier molecular flexibility index (Phi) is 4.50. The third kappa shape index (κ3) is 3.31. The molecule has 0 aliphatic carbocycles. The van der Waals surface area contributed by atoms with Crippen LogP contribution in [0.1, 0.15) is 36.0 Å². The van der Waals surface area contributed by atoms with E-state index in [1.165, 1.54) is 0 Å². The van der Waals surface area contributed by atoms with E-state index in [1.807, 2.05) is 36.1 Å². The van der Waals surface area contributed by atoms with Gasteiger partial charge in [0.1, 0.15) is 11.5 Å². The van der Waals surface area contributed by atoms with Gasteiger partial charge in [-0.2, -0.15) is 0 Å². The number of hydrogen-bond donors (Lipinski definition) is 1. The van der Waals surface area contributed by atoms with Gasteiger partial charge >= 0.3 is 6.03 Å². The molecule has 0 bridgehead atoms. The highest BCUT2D eigenvalue weighted by Crippen LogP contribution is 2.32. The first-order valence-electron chi connectivity index (χ1n) is 7.77. The molecule has 6 nitrogen and oxygen atoms in total. The fraction of sp³-hybridized carbons (Fsp3) is 0.412. The summed E-state index contributed by atoms with van der Waals surface area (Å²) in [5, 5.41) is 2.95. The molecule has 23 heavy (non-hydrogen) atoms. The molecule has 122 valence electrons. The van der Waals surface area contributed by atoms with Gasteiger partial charge in [0.15, 0.2) is 0 Å². The third-order valence-electron chi connectivity index (χ3n) is 4.08. The van der Waals surface area contributed by atoms with Gasteiger partial charge in [-0.15, -0.1) is 0 Å². The average Bonchev–Trinajstić information content (AvgIpc) is 3.21. The highest BCUT2D eigenvalue weighted by Gasteiger charge is 2.31. The van der Waals surface area contributed by atoms with Gasteiger partial charge in [0.25, 0.3) is 0 Å². The van der Waals surface area contributed by atoms with Crippen LogP contribution in [0.5, 0.6) is 5.88 Å². The van der Waals surface area contributed by atoms with Crippen molar-refractivity contribution in [2.45, 2.75) is 32.4 Å². The number of aryl methyl sites for hydroxylation is 1. The van der Waals surface area contributed by atoms with Crippen LogP contribution < -0.4 is 10.1 Å². The van der Waals surface area contributed by atoms with E-state index in [4.69, 9.17) is 9.15 Å². The zero-order valence-electron chi connectivity index (χ0n) is 13.4. The lowest BCUT2D eigenvalue weighted by molar-refractivity contribution is 0.185. The van der Waals surface area contributed by atoms with Crippen molar-refractivity contribution in [2.75, 3.05) is 13.7 Å². The molecule has 1 aliphatic heterocycles. The zero-order valence-corrected chi connectivity index (χ0v) is 13.4. The number of ether oxygens (including phenoxy) is 1. The van der Waals surface area contributed by atoms with Crippen LogP contribution in [-0.4, -0.2) is 29.6 Å². The number of urea groups is 1. The number of methoxy groups -OCH3 is 1. The normalized spacial score (nSPS) is 17.3. The fourth-order valence-electron chi connectivity index (χ4n) is 2.95. The van der Waals surface area contributed by atoms with Crippen LogP contribution in [0.2, 0.25) is 0 Å². The molecule has 1 N–H and O–H groups in total. The van der Waals surface area contributed by atoms with E-state index in [0.29, 0.717) is 12.4 Å². The van der Waals surface area contributed by atoms with Crippen molar-refractivity contribution in [1.29, 1.82) is 0 Å². The molecule has 1 aliphatic rings. The number of carbonyl (C=O) groups is 1. The van der Waals surface area contributed by atoms with Crippen molar-refractivity contribution in [3.8, 4) is 5.88 Å². The average molecular weight is 315 g/mol. The number of aromatic nitrogens is 1. The van der Waals surface area contributed by atoms with Gasteiger partial charge in [0.2, 0.25) is 5.88 Å². The molecule has 0 spiro atoms. The van der Waals surface area contributed by atoms with Crippen LogP contribution in [0.15, 0.2) is 34.9 Å². The number of carbonyl (C=O) groups excluding carboxylic acids is 1. The molecule has 0 unspecified atom stereocenters. The molecule has 0 aromatic carbocycles. The summed E-state index contributed by atoms with van der Waals surface area (Å²) in [4.78, 5) is 18.5. The van der Waals surface area contributed by atoms with Crippen molar-refractivity contribution < 1.29 is 13.9 Å². The molecule has 2 aromatic heterocycles. The maximum atomic E-state index is 12.5. The quantitative estimate of drug-likeness (QED) is 0.941. The minimum atomic E-state index is -0.0903. The summed E-state index contributed by atoms with van der Waals surface area (Å²) in [5.41, 5.74) is 0.855. The van der Waals surface area contributed by atoms with Gasteiger partial charge in [0.05, 0.1) is 13.2 Å². The van der Waals surface area contributed by atoms with Gasteiger partial charge in [-0.3, -0.25) is 0 Å². The summed E-state index contributed by atoms with van der Waals surface area (Å²) in [6.45, 7) is 3.04. The standard InChI is InChI=1S/C17H21N3O3/c1-12-7-8-15(23-12)14-6-4-10-20(14)17(21)19-11-13-5-3-9-18-16(13)22-2/h3,5,7-9,14H,4,6,10-11H2,1-2H3,(H,19,21)/t14-/m0/s1. The number of rotatable bonds is 4. The SMILES string of the molecule is COc1ncccc1CNC(=O)N1CCC[C@H]1c1ccc(C)o1. The second-order valence-electron chi connectivity index (χ2n) is 5.63. The molecule has 0 radical (unpaired) electrons. The molecule has 2 aromatic rings. The Labute approximate surface area is 135 Å². The lowest BCUT2D eigenvalue weighted by Gasteiger charge is -2.23. The maximum absolute atomic E-state index is 12.5. The van der Waals surface area contributed by atoms with E-state index in [9.17, 15) is 4.79 Å². The third-order valence-corrected chi connectivity index (χ3v) is 4.08. The van der Waals surface area contributed by atoms with Crippen LogP contribution in [0.4, 0.5) is 4.79 Å². The fourth-order valence-corrected chi connectivity index (χ4v) is 2.95. The summed E-state index contributed by atoms with van der Waals surface area (Å²) >= 11 is 0. The lowest BCUT2D eigenvalue weighted by atomic mass is 10.2. The molecule has 1 fully saturated rings. The Bertz CT molecular complexity index is 683. The van der Waals surface area contributed by atoms with Crippen LogP contribution in [0.3, 0.4) is 0 Å². The van der Waals surface area contributed by atoms with E-state index >= 15 is 0 Å². The number of amides is 2. The minimum Gasteiger partial charge on any atom is -0.481 e. The molecule has 0 saturated carbocycles. The summed E-state index contributed by atoms with van der Waals surface area (Å²) in [6.07, 6.45) is 3.57. The van der Waals surface area contributed by atoms with Gasteiger partial charge in [-0.05, 0) is 38.0 Å². The van der Waals surface area contributed by atoms with Crippen molar-refractivity contribution in [3.05, 3.63) is 47.5 Å². The van der Waals surface area contributed by atoms with Gasteiger partial charge in [-0.1, -0.05) is 6.07 Å². The Balaban J connectivity index is 1.65. The van der Waals surface area contributed by atoms with E-state index in [0.717, 1.165) is 36.5 Å². The first-order valence-corrected chi connectivity index (χ1v) is 7.77. The molecule has 1 saturated heterocycles. The van der Waals surface area contributed by atoms with Crippen molar-refractivity contribution in [3.63, 3.8) is 0 Å². The van der Waals surface area contributed by atoms with Crippen molar-refractivity contribution in [2.24, 2.45) is 0 Å². The molecular formula is C17H21N3O3. The Morgan fingerprint density at radius 3 is 3.09 bits per heavy atom. The predicted molar refractivity (Wildman–Crippen MR) is 85.2 cm³/mol. The minimum absolute atomic E-state index is 0.0134. The second-order valence-corrected chi connectivity index (χ2v) is 5.63. The first-order chi connectivity index (χ1) is 11.2. The van der Waals surface area contributed by atoms with Crippen molar-refractivity contribution >= 4 is 6.03 Å². The summed E-state index contributed by atoms with van der Waals surface area (Å²) in [7, 11) is 1.57. The number of furan rings is 1. The van der Waals surface area contributed by atoms with Gasteiger partial charge in [-0.25, -0.2) is 9.78 Å². The van der Waals surface area contributed by atoms with E-state index in [-0.39, 0.29) is 12.1 Å². The van der Waals surface area contributed by atoms with E-state index in [2.05, 4.69) is 10.3 Å². The summed E-state index contributed by atoms with van der Waals surface area (Å²) in [6, 6.07) is 7.53. The summed E-state index contributed by atoms with van der Waals surface area (Å²) in [5.74, 6) is 2.26. The molecule has 6 heteroatoms. The number of likely N-dealkylation sites (tertiary alicyclic amines) is 1. The maximum Gasteiger partial charge on any atom is 0.318 e. The van der Waals surface area contributed by atoms with E-state index in [1.54, 1.807) is 13.3 Å². The molecular weight excluding hydrogens is 294 g/mol. The van der Waals surface area contributed by atoms with Crippen molar-refractivity contribution in [1.82, 2.24) is 15.2 Å². The number of pyridine rings is 1. The monoisotopic (exact) mass is 315 g/mol. The number of hydrogen-bond acceptors (Lipinski definition) is 4.